The van der Waals surface area contributed by atoms with Crippen molar-refractivity contribution in [3.63, 3.8) is 0 Å². The third-order valence-electron chi connectivity index (χ3n) is 10.7. The molecule has 0 N–H and O–H groups in total. The van der Waals surface area contributed by atoms with Crippen molar-refractivity contribution in [3.05, 3.63) is 0 Å². The molecule has 0 bridgehead atoms. The van der Waals surface area contributed by atoms with Crippen molar-refractivity contribution >= 4 is 0 Å². The van der Waals surface area contributed by atoms with Crippen LogP contribution in [0.4, 0.5) is 0 Å². The average molecular weight is 403 g/mol. The molecule has 2 heterocycles. The lowest BCUT2D eigenvalue weighted by Gasteiger charge is -2.61. The fourth-order valence-corrected chi connectivity index (χ4v) is 8.75. The quantitative estimate of drug-likeness (QED) is 0.480. The van der Waals surface area contributed by atoms with Crippen LogP contribution in [0.15, 0.2) is 0 Å². The largest absolute Gasteiger partial charge is 0.350 e. The standard InChI is InChI=1S/C27H46O2/c1-19-10-15-27(28-18-19)16-11-21(29-27)17-24-22-9-8-20-7-5-6-13-26(20,4)23(22)12-14-25(24,2)3/h19-24H,5-18H2,1-4H3/t19?,20?,21?,22?,23?,24?,26?,27-/m1/s1. The van der Waals surface area contributed by atoms with E-state index < -0.39 is 0 Å². The Hall–Kier alpha value is -0.0800. The lowest BCUT2D eigenvalue weighted by Crippen LogP contribution is -2.53. The van der Waals surface area contributed by atoms with Gasteiger partial charge in [0.15, 0.2) is 5.79 Å². The molecule has 3 aliphatic carbocycles. The van der Waals surface area contributed by atoms with E-state index in [0.717, 1.165) is 43.1 Å². The molecule has 0 aromatic carbocycles. The van der Waals surface area contributed by atoms with Crippen LogP contribution in [0, 0.1) is 40.4 Å². The lowest BCUT2D eigenvalue weighted by molar-refractivity contribution is -0.257. The summed E-state index contributed by atoms with van der Waals surface area (Å²) in [5, 5.41) is 0. The second-order valence-corrected chi connectivity index (χ2v) is 12.8. The van der Waals surface area contributed by atoms with E-state index in [9.17, 15) is 0 Å². The van der Waals surface area contributed by atoms with E-state index in [1.165, 1.54) is 70.6 Å². The Morgan fingerprint density at radius 2 is 1.66 bits per heavy atom. The first-order valence-corrected chi connectivity index (χ1v) is 13.1. The van der Waals surface area contributed by atoms with Crippen molar-refractivity contribution < 1.29 is 9.47 Å². The van der Waals surface area contributed by atoms with Crippen LogP contribution < -0.4 is 0 Å². The first-order valence-electron chi connectivity index (χ1n) is 13.1. The van der Waals surface area contributed by atoms with Crippen LogP contribution in [0.5, 0.6) is 0 Å². The van der Waals surface area contributed by atoms with E-state index in [4.69, 9.17) is 9.47 Å². The highest BCUT2D eigenvalue weighted by atomic mass is 16.7. The zero-order valence-electron chi connectivity index (χ0n) is 19.7. The molecule has 0 aromatic heterocycles. The first kappa shape index (κ1) is 20.8. The molecule has 2 saturated heterocycles. The van der Waals surface area contributed by atoms with Gasteiger partial charge in [0, 0.05) is 12.8 Å². The minimum atomic E-state index is -0.220. The Morgan fingerprint density at radius 3 is 2.45 bits per heavy atom. The molecule has 0 radical (unpaired) electrons. The van der Waals surface area contributed by atoms with Crippen molar-refractivity contribution in [2.45, 2.75) is 123 Å². The summed E-state index contributed by atoms with van der Waals surface area (Å²) in [6.45, 7) is 11.1. The Bertz CT molecular complexity index is 589. The first-order chi connectivity index (χ1) is 13.8. The van der Waals surface area contributed by atoms with Gasteiger partial charge in [-0.3, -0.25) is 0 Å². The van der Waals surface area contributed by atoms with Gasteiger partial charge in [-0.1, -0.05) is 40.5 Å². The SMILES string of the molecule is CC1CC[C@@]2(CCC(CC3C4CCC5CCCCC5(C)C4CCC3(C)C)O2)OC1. The normalized spacial score (nSPS) is 52.1. The highest BCUT2D eigenvalue weighted by molar-refractivity contribution is 5.05. The van der Waals surface area contributed by atoms with Crippen LogP contribution in [0.2, 0.25) is 0 Å². The van der Waals surface area contributed by atoms with Gasteiger partial charge in [-0.05, 0) is 98.2 Å². The summed E-state index contributed by atoms with van der Waals surface area (Å²) in [5.41, 5.74) is 1.11. The summed E-state index contributed by atoms with van der Waals surface area (Å²) in [7, 11) is 0. The molecular weight excluding hydrogens is 356 g/mol. The molecule has 8 atom stereocenters. The molecule has 5 fully saturated rings. The summed E-state index contributed by atoms with van der Waals surface area (Å²) >= 11 is 0. The molecule has 0 aromatic rings. The van der Waals surface area contributed by atoms with Gasteiger partial charge < -0.3 is 9.47 Å². The molecule has 5 aliphatic rings. The predicted octanol–water partition coefficient (Wildman–Crippen LogP) is 7.36. The highest BCUT2D eigenvalue weighted by Crippen LogP contribution is 2.64. The summed E-state index contributed by atoms with van der Waals surface area (Å²) in [4.78, 5) is 0. The van der Waals surface area contributed by atoms with E-state index >= 15 is 0 Å². The summed E-state index contributed by atoms with van der Waals surface area (Å²) in [5.74, 6) is 4.24. The van der Waals surface area contributed by atoms with Crippen molar-refractivity contribution in [1.82, 2.24) is 0 Å². The van der Waals surface area contributed by atoms with Crippen molar-refractivity contribution in [3.8, 4) is 0 Å². The molecule has 2 nitrogen and oxygen atoms in total. The number of hydrogen-bond acceptors (Lipinski definition) is 2. The van der Waals surface area contributed by atoms with Crippen molar-refractivity contribution in [2.24, 2.45) is 40.4 Å². The Labute approximate surface area is 179 Å². The zero-order chi connectivity index (χ0) is 20.3. The maximum absolute atomic E-state index is 6.72. The number of rotatable bonds is 2. The number of hydrogen-bond donors (Lipinski definition) is 0. The van der Waals surface area contributed by atoms with E-state index in [1.54, 1.807) is 0 Å². The molecule has 5 rings (SSSR count). The zero-order valence-corrected chi connectivity index (χ0v) is 19.7. The molecule has 29 heavy (non-hydrogen) atoms. The molecule has 1 spiro atoms. The Kier molecular flexibility index (Phi) is 5.38. The van der Waals surface area contributed by atoms with Gasteiger partial charge >= 0.3 is 0 Å². The van der Waals surface area contributed by atoms with Crippen LogP contribution in [-0.2, 0) is 9.47 Å². The van der Waals surface area contributed by atoms with Gasteiger partial charge in [0.2, 0.25) is 0 Å². The smallest absolute Gasteiger partial charge is 0.168 e. The minimum Gasteiger partial charge on any atom is -0.350 e. The molecule has 166 valence electrons. The second-order valence-electron chi connectivity index (χ2n) is 12.8. The van der Waals surface area contributed by atoms with Gasteiger partial charge in [-0.15, -0.1) is 0 Å². The van der Waals surface area contributed by atoms with E-state index in [2.05, 4.69) is 27.7 Å². The highest BCUT2D eigenvalue weighted by Gasteiger charge is 2.56. The van der Waals surface area contributed by atoms with Gasteiger partial charge in [0.05, 0.1) is 12.7 Å². The molecule has 0 amide bonds. The van der Waals surface area contributed by atoms with E-state index in [-0.39, 0.29) is 5.79 Å². The van der Waals surface area contributed by atoms with Gasteiger partial charge in [-0.25, -0.2) is 0 Å². The van der Waals surface area contributed by atoms with Crippen LogP contribution >= 0.6 is 0 Å². The monoisotopic (exact) mass is 402 g/mol. The fraction of sp³-hybridized carbons (Fsp3) is 1.00. The maximum Gasteiger partial charge on any atom is 0.168 e. The topological polar surface area (TPSA) is 18.5 Å². The molecule has 2 aliphatic heterocycles. The second kappa shape index (κ2) is 7.51. The lowest BCUT2D eigenvalue weighted by atomic mass is 9.44. The number of fused-ring (bicyclic) bond motifs is 3. The molecule has 2 heteroatoms. The van der Waals surface area contributed by atoms with Crippen LogP contribution in [-0.4, -0.2) is 18.5 Å². The Balaban J connectivity index is 1.31. The van der Waals surface area contributed by atoms with Gasteiger partial charge in [-0.2, -0.15) is 0 Å². The summed E-state index contributed by atoms with van der Waals surface area (Å²) < 4.78 is 13.0. The number of ether oxygens (including phenoxy) is 2. The van der Waals surface area contributed by atoms with E-state index in [1.807, 2.05) is 0 Å². The summed E-state index contributed by atoms with van der Waals surface area (Å²) in [6.07, 6.45) is 18.3. The van der Waals surface area contributed by atoms with Gasteiger partial charge in [0.1, 0.15) is 0 Å². The average Bonchev–Trinajstić information content (AvgIpc) is 3.08. The predicted molar refractivity (Wildman–Crippen MR) is 119 cm³/mol. The van der Waals surface area contributed by atoms with Gasteiger partial charge in [0.25, 0.3) is 0 Å². The van der Waals surface area contributed by atoms with Crippen LogP contribution in [0.1, 0.15) is 111 Å². The molecule has 7 unspecified atom stereocenters. The minimum absolute atomic E-state index is 0.220. The van der Waals surface area contributed by atoms with Crippen molar-refractivity contribution in [1.29, 1.82) is 0 Å². The molecule has 3 saturated carbocycles. The van der Waals surface area contributed by atoms with E-state index in [0.29, 0.717) is 22.9 Å². The van der Waals surface area contributed by atoms with Crippen LogP contribution in [0.25, 0.3) is 0 Å². The Morgan fingerprint density at radius 1 is 0.828 bits per heavy atom. The van der Waals surface area contributed by atoms with Crippen molar-refractivity contribution in [2.75, 3.05) is 6.61 Å². The summed E-state index contributed by atoms with van der Waals surface area (Å²) in [6, 6.07) is 0. The third kappa shape index (κ3) is 3.63. The molecular formula is C27H46O2. The van der Waals surface area contributed by atoms with Crippen LogP contribution in [0.3, 0.4) is 0 Å². The maximum atomic E-state index is 6.72. The fourth-order valence-electron chi connectivity index (χ4n) is 8.75. The third-order valence-corrected chi connectivity index (χ3v) is 10.7.